The monoisotopic (exact) mass is 366 g/mol. The second kappa shape index (κ2) is 5.59. The number of ketones is 1. The Morgan fingerprint density at radius 2 is 2.11 bits per heavy atom. The molecule has 4 saturated carbocycles. The molecule has 5 aliphatic carbocycles. The first-order chi connectivity index (χ1) is 13.1. The molecule has 0 radical (unpaired) electrons. The minimum absolute atomic E-state index is 0.0684. The van der Waals surface area contributed by atoms with E-state index >= 15 is 0 Å². The fourth-order valence-corrected chi connectivity index (χ4v) is 9.27. The smallest absolute Gasteiger partial charge is 0.155 e. The number of hydrogen-bond acceptors (Lipinski definition) is 2. The van der Waals surface area contributed by atoms with Crippen LogP contribution in [0.15, 0.2) is 23.8 Å². The van der Waals surface area contributed by atoms with Gasteiger partial charge in [0.05, 0.1) is 12.2 Å². The van der Waals surface area contributed by atoms with Crippen LogP contribution in [0.2, 0.25) is 0 Å². The van der Waals surface area contributed by atoms with Gasteiger partial charge in [-0.1, -0.05) is 38.0 Å². The summed E-state index contributed by atoms with van der Waals surface area (Å²) in [4.78, 5) is 12.1. The molecule has 6 aliphatic rings. The van der Waals surface area contributed by atoms with E-state index in [1.165, 1.54) is 44.1 Å². The Balaban J connectivity index is 1.44. The molecule has 27 heavy (non-hydrogen) atoms. The van der Waals surface area contributed by atoms with Crippen LogP contribution in [0.5, 0.6) is 0 Å². The van der Waals surface area contributed by atoms with Crippen molar-refractivity contribution < 1.29 is 9.53 Å². The van der Waals surface area contributed by atoms with Crippen LogP contribution in [0, 0.1) is 46.8 Å². The molecule has 4 fully saturated rings. The third-order valence-corrected chi connectivity index (χ3v) is 10.1. The van der Waals surface area contributed by atoms with Crippen LogP contribution in [0.4, 0.5) is 0 Å². The normalized spacial score (nSPS) is 55.0. The van der Waals surface area contributed by atoms with Crippen molar-refractivity contribution in [2.75, 3.05) is 6.61 Å². The fraction of sp³-hybridized carbons (Fsp3) is 0.800. The second-order valence-corrected chi connectivity index (χ2v) is 10.5. The van der Waals surface area contributed by atoms with E-state index in [1.54, 1.807) is 0 Å². The first kappa shape index (κ1) is 17.0. The van der Waals surface area contributed by atoms with Gasteiger partial charge in [-0.2, -0.15) is 0 Å². The molecule has 9 atom stereocenters. The topological polar surface area (TPSA) is 26.3 Å². The standard InChI is InChI=1S/C25H34O2/c1-3-15-12-16-13-17(26)6-7-18(16)19-8-10-24(4-2)23(22(15)19)20-14-21(20)25(24)9-5-11-27-25/h5,9,13,15,18-23H,3-4,6-8,10-12,14H2,1-2H3/t15-,18+,19?,20+,21-,22?,23?,24+,25+/m1/s1. The molecule has 0 aromatic rings. The third-order valence-electron chi connectivity index (χ3n) is 10.1. The van der Waals surface area contributed by atoms with E-state index < -0.39 is 0 Å². The Kier molecular flexibility index (Phi) is 3.52. The molecule has 1 spiro atoms. The molecule has 0 aromatic carbocycles. The van der Waals surface area contributed by atoms with Gasteiger partial charge in [-0.3, -0.25) is 4.79 Å². The van der Waals surface area contributed by atoms with Crippen molar-refractivity contribution in [2.45, 2.75) is 70.8 Å². The van der Waals surface area contributed by atoms with Crippen LogP contribution in [-0.4, -0.2) is 18.0 Å². The Morgan fingerprint density at radius 3 is 2.85 bits per heavy atom. The Hall–Kier alpha value is -0.890. The van der Waals surface area contributed by atoms with E-state index in [0.29, 0.717) is 17.1 Å². The quantitative estimate of drug-likeness (QED) is 0.617. The summed E-state index contributed by atoms with van der Waals surface area (Å²) in [7, 11) is 0. The van der Waals surface area contributed by atoms with Gasteiger partial charge in [-0.15, -0.1) is 0 Å². The van der Waals surface area contributed by atoms with Gasteiger partial charge in [0, 0.05) is 11.8 Å². The first-order valence-corrected chi connectivity index (χ1v) is 11.7. The molecule has 3 unspecified atom stereocenters. The summed E-state index contributed by atoms with van der Waals surface area (Å²) in [6.07, 6.45) is 16.7. The van der Waals surface area contributed by atoms with Gasteiger partial charge in [0.1, 0.15) is 0 Å². The van der Waals surface area contributed by atoms with Crippen molar-refractivity contribution >= 4 is 5.78 Å². The lowest BCUT2D eigenvalue weighted by Crippen LogP contribution is -2.57. The summed E-state index contributed by atoms with van der Waals surface area (Å²) in [6, 6.07) is 0. The van der Waals surface area contributed by atoms with Crippen molar-refractivity contribution in [3.63, 3.8) is 0 Å². The van der Waals surface area contributed by atoms with Crippen LogP contribution < -0.4 is 0 Å². The number of carbonyl (C=O) groups is 1. The Labute approximate surface area is 163 Å². The molecule has 146 valence electrons. The minimum atomic E-state index is 0.0684. The lowest BCUT2D eigenvalue weighted by Gasteiger charge is -2.60. The molecule has 0 aromatic heterocycles. The zero-order valence-corrected chi connectivity index (χ0v) is 17.0. The maximum Gasteiger partial charge on any atom is 0.155 e. The average Bonchev–Trinajstić information content (AvgIpc) is 3.26. The van der Waals surface area contributed by atoms with Gasteiger partial charge in [0.15, 0.2) is 5.78 Å². The van der Waals surface area contributed by atoms with Crippen LogP contribution >= 0.6 is 0 Å². The van der Waals surface area contributed by atoms with E-state index in [9.17, 15) is 4.79 Å². The Morgan fingerprint density at radius 1 is 1.22 bits per heavy atom. The molecule has 2 heteroatoms. The lowest BCUT2D eigenvalue weighted by molar-refractivity contribution is -0.152. The van der Waals surface area contributed by atoms with Crippen LogP contribution in [-0.2, 0) is 9.53 Å². The second-order valence-electron chi connectivity index (χ2n) is 10.5. The van der Waals surface area contributed by atoms with E-state index in [1.807, 2.05) is 0 Å². The molecule has 0 amide bonds. The highest BCUT2D eigenvalue weighted by Gasteiger charge is 2.77. The maximum absolute atomic E-state index is 12.1. The number of fused-ring (bicyclic) bond motifs is 9. The van der Waals surface area contributed by atoms with Crippen molar-refractivity contribution in [1.82, 2.24) is 0 Å². The van der Waals surface area contributed by atoms with E-state index in [-0.39, 0.29) is 5.60 Å². The molecular weight excluding hydrogens is 332 g/mol. The predicted octanol–water partition coefficient (Wildman–Crippen LogP) is 5.34. The minimum Gasteiger partial charge on any atom is -0.366 e. The van der Waals surface area contributed by atoms with Crippen molar-refractivity contribution in [3.05, 3.63) is 23.8 Å². The molecule has 0 N–H and O–H groups in total. The summed E-state index contributed by atoms with van der Waals surface area (Å²) >= 11 is 0. The molecule has 0 bridgehead atoms. The number of allylic oxidation sites excluding steroid dienone is 1. The predicted molar refractivity (Wildman–Crippen MR) is 106 cm³/mol. The highest BCUT2D eigenvalue weighted by Crippen LogP contribution is 2.79. The lowest BCUT2D eigenvalue weighted by atomic mass is 9.45. The summed E-state index contributed by atoms with van der Waals surface area (Å²) in [5, 5.41) is 0. The van der Waals surface area contributed by atoms with Crippen LogP contribution in [0.1, 0.15) is 65.2 Å². The zero-order valence-electron chi connectivity index (χ0n) is 17.0. The van der Waals surface area contributed by atoms with E-state index in [4.69, 9.17) is 4.74 Å². The number of ether oxygens (including phenoxy) is 1. The number of carbonyl (C=O) groups excluding carboxylic acids is 1. The summed E-state index contributed by atoms with van der Waals surface area (Å²) < 4.78 is 6.62. The van der Waals surface area contributed by atoms with Gasteiger partial charge < -0.3 is 4.74 Å². The average molecular weight is 367 g/mol. The number of rotatable bonds is 2. The number of hydrogen-bond donors (Lipinski definition) is 0. The molecule has 0 saturated heterocycles. The van der Waals surface area contributed by atoms with Crippen molar-refractivity contribution in [2.24, 2.45) is 46.8 Å². The largest absolute Gasteiger partial charge is 0.366 e. The Bertz CT molecular complexity index is 735. The van der Waals surface area contributed by atoms with Crippen molar-refractivity contribution in [1.29, 1.82) is 0 Å². The van der Waals surface area contributed by atoms with Gasteiger partial charge in [0.2, 0.25) is 0 Å². The van der Waals surface area contributed by atoms with Gasteiger partial charge in [-0.25, -0.2) is 0 Å². The van der Waals surface area contributed by atoms with Crippen molar-refractivity contribution in [3.8, 4) is 0 Å². The molecule has 1 heterocycles. The van der Waals surface area contributed by atoms with Gasteiger partial charge in [-0.05, 0) is 86.0 Å². The fourth-order valence-electron chi connectivity index (χ4n) is 9.27. The zero-order chi connectivity index (χ0) is 18.4. The third kappa shape index (κ3) is 1.94. The van der Waals surface area contributed by atoms with Crippen LogP contribution in [0.3, 0.4) is 0 Å². The summed E-state index contributed by atoms with van der Waals surface area (Å²) in [5.41, 5.74) is 1.98. The first-order valence-electron chi connectivity index (χ1n) is 11.7. The maximum atomic E-state index is 12.1. The highest BCUT2D eigenvalue weighted by molar-refractivity contribution is 5.91. The molecule has 2 nitrogen and oxygen atoms in total. The van der Waals surface area contributed by atoms with Gasteiger partial charge in [0.25, 0.3) is 0 Å². The highest BCUT2D eigenvalue weighted by atomic mass is 16.5. The van der Waals surface area contributed by atoms with Gasteiger partial charge >= 0.3 is 0 Å². The molecular formula is C25H34O2. The van der Waals surface area contributed by atoms with Crippen LogP contribution in [0.25, 0.3) is 0 Å². The summed E-state index contributed by atoms with van der Waals surface area (Å²) in [5.74, 6) is 6.13. The summed E-state index contributed by atoms with van der Waals surface area (Å²) in [6.45, 7) is 5.68. The molecule has 6 rings (SSSR count). The molecule has 1 aliphatic heterocycles. The SMILES string of the molecule is CC[C@@H]1CC2=CC(=O)CC[C@@H]2C2CC[C@@]3(CC)C(C21)[C@H]1C[C@H]1[C@@]31C=CCO1. The van der Waals surface area contributed by atoms with E-state index in [0.717, 1.165) is 55.0 Å². The van der Waals surface area contributed by atoms with E-state index in [2.05, 4.69) is 32.1 Å².